The molecule has 24 heavy (non-hydrogen) atoms. The van der Waals surface area contributed by atoms with Crippen molar-refractivity contribution in [2.24, 2.45) is 0 Å². The zero-order valence-electron chi connectivity index (χ0n) is 13.3. The fourth-order valence-corrected chi connectivity index (χ4v) is 2.01. The number of carboxylic acid groups (broad SMARTS) is 1. The number of benzene rings is 1. The molecule has 4 N–H and O–H groups in total. The Morgan fingerprint density at radius 1 is 1.29 bits per heavy atom. The maximum Gasteiger partial charge on any atom is 0.328 e. The average molecular weight is 340 g/mol. The molecule has 0 aliphatic carbocycles. The summed E-state index contributed by atoms with van der Waals surface area (Å²) in [6.07, 6.45) is -1.47. The number of methoxy groups -OCH3 is 1. The Morgan fingerprint density at radius 2 is 1.96 bits per heavy atom. The van der Waals surface area contributed by atoms with E-state index in [2.05, 4.69) is 4.74 Å². The van der Waals surface area contributed by atoms with Gasteiger partial charge in [-0.2, -0.15) is 0 Å². The molecule has 0 radical (unpaired) electrons. The number of phenolic OH excluding ortho intramolecular Hbond substituents is 1. The van der Waals surface area contributed by atoms with Gasteiger partial charge < -0.3 is 29.9 Å². The number of hydrogen-bond acceptors (Lipinski definition) is 7. The summed E-state index contributed by atoms with van der Waals surface area (Å²) >= 11 is 0. The predicted octanol–water partition coefficient (Wildman–Crippen LogP) is 0.846. The Kier molecular flexibility index (Phi) is 7.22. The van der Waals surface area contributed by atoms with Crippen molar-refractivity contribution in [2.45, 2.75) is 25.6 Å². The second-order valence-electron chi connectivity index (χ2n) is 4.85. The fourth-order valence-electron chi connectivity index (χ4n) is 2.01. The van der Waals surface area contributed by atoms with Crippen LogP contribution in [-0.4, -0.2) is 52.2 Å². The minimum Gasteiger partial charge on any atom is -0.504 e. The van der Waals surface area contributed by atoms with Crippen LogP contribution in [0.25, 0.3) is 6.08 Å². The maximum absolute atomic E-state index is 11.4. The summed E-state index contributed by atoms with van der Waals surface area (Å²) in [6, 6.07) is 2.65. The predicted molar refractivity (Wildman–Crippen MR) is 83.5 cm³/mol. The molecule has 8 nitrogen and oxygen atoms in total. The number of aliphatic hydroxyl groups excluding tert-OH is 2. The molecule has 0 aliphatic rings. The van der Waals surface area contributed by atoms with E-state index in [1.807, 2.05) is 0 Å². The quantitative estimate of drug-likeness (QED) is 0.404. The molecule has 1 aromatic carbocycles. The van der Waals surface area contributed by atoms with E-state index >= 15 is 0 Å². The molecule has 0 saturated heterocycles. The van der Waals surface area contributed by atoms with Crippen LogP contribution >= 0.6 is 0 Å². The molecule has 0 spiro atoms. The number of rotatable bonds is 8. The van der Waals surface area contributed by atoms with Gasteiger partial charge in [0.05, 0.1) is 26.2 Å². The van der Waals surface area contributed by atoms with Gasteiger partial charge in [-0.25, -0.2) is 4.79 Å². The number of aromatic hydroxyl groups is 1. The van der Waals surface area contributed by atoms with E-state index in [9.17, 15) is 24.9 Å². The monoisotopic (exact) mass is 340 g/mol. The van der Waals surface area contributed by atoms with Crippen LogP contribution in [0.1, 0.15) is 30.6 Å². The molecule has 0 aliphatic heterocycles. The normalized spacial score (nSPS) is 13.5. The highest BCUT2D eigenvalue weighted by atomic mass is 16.5. The molecule has 0 fully saturated rings. The van der Waals surface area contributed by atoms with Crippen molar-refractivity contribution in [1.29, 1.82) is 0 Å². The highest BCUT2D eigenvalue weighted by Gasteiger charge is 2.26. The number of ether oxygens (including phenoxy) is 2. The smallest absolute Gasteiger partial charge is 0.328 e. The second kappa shape index (κ2) is 8.90. The lowest BCUT2D eigenvalue weighted by Gasteiger charge is -2.20. The van der Waals surface area contributed by atoms with Crippen molar-refractivity contribution in [2.75, 3.05) is 13.7 Å². The summed E-state index contributed by atoms with van der Waals surface area (Å²) in [5.74, 6) is -2.30. The summed E-state index contributed by atoms with van der Waals surface area (Å²) in [6.45, 7) is 1.74. The second-order valence-corrected chi connectivity index (χ2v) is 4.85. The largest absolute Gasteiger partial charge is 0.504 e. The summed E-state index contributed by atoms with van der Waals surface area (Å²) in [7, 11) is 1.28. The summed E-state index contributed by atoms with van der Waals surface area (Å²) in [5.41, 5.74) is 0.223. The first-order valence-electron chi connectivity index (χ1n) is 7.13. The highest BCUT2D eigenvalue weighted by molar-refractivity contribution is 5.85. The first-order valence-corrected chi connectivity index (χ1v) is 7.13. The molecule has 8 heteroatoms. The van der Waals surface area contributed by atoms with E-state index in [1.165, 1.54) is 25.3 Å². The van der Waals surface area contributed by atoms with Gasteiger partial charge in [0.15, 0.2) is 11.5 Å². The van der Waals surface area contributed by atoms with E-state index in [-0.39, 0.29) is 17.9 Å². The van der Waals surface area contributed by atoms with Gasteiger partial charge in [0.1, 0.15) is 6.10 Å². The Morgan fingerprint density at radius 3 is 2.50 bits per heavy atom. The van der Waals surface area contributed by atoms with Gasteiger partial charge in [-0.3, -0.25) is 4.79 Å². The number of aliphatic carboxylic acids is 1. The van der Waals surface area contributed by atoms with Crippen molar-refractivity contribution < 1.29 is 39.5 Å². The highest BCUT2D eigenvalue weighted by Crippen LogP contribution is 2.37. The van der Waals surface area contributed by atoms with Gasteiger partial charge in [-0.15, -0.1) is 0 Å². The molecule has 1 rings (SSSR count). The van der Waals surface area contributed by atoms with Crippen molar-refractivity contribution in [3.05, 3.63) is 29.3 Å². The number of carbonyl (C=O) groups is 2. The topological polar surface area (TPSA) is 134 Å². The molecule has 2 atom stereocenters. The van der Waals surface area contributed by atoms with Gasteiger partial charge in [0.2, 0.25) is 0 Å². The molecule has 2 unspecified atom stereocenters. The lowest BCUT2D eigenvalue weighted by molar-refractivity contribution is -0.147. The third-order valence-corrected chi connectivity index (χ3v) is 3.13. The SMILES string of the molecule is CCOC(=O)CC(O)C(O)c1cc(C=CC(=O)O)cc(OC)c1O. The minimum absolute atomic E-state index is 0.0140. The lowest BCUT2D eigenvalue weighted by Crippen LogP contribution is -2.23. The van der Waals surface area contributed by atoms with E-state index in [0.29, 0.717) is 5.56 Å². The van der Waals surface area contributed by atoms with Gasteiger partial charge in [-0.1, -0.05) is 0 Å². The van der Waals surface area contributed by atoms with Crippen molar-refractivity contribution in [3.8, 4) is 11.5 Å². The number of carbonyl (C=O) groups excluding carboxylic acids is 1. The first kappa shape index (κ1) is 19.5. The molecule has 132 valence electrons. The Bertz CT molecular complexity index is 623. The van der Waals surface area contributed by atoms with Crippen LogP contribution in [0.15, 0.2) is 18.2 Å². The zero-order valence-corrected chi connectivity index (χ0v) is 13.3. The molecule has 0 aromatic heterocycles. The summed E-state index contributed by atoms with van der Waals surface area (Å²) in [4.78, 5) is 22.0. The van der Waals surface area contributed by atoms with Crippen LogP contribution in [0.4, 0.5) is 0 Å². The Balaban J connectivity index is 3.13. The van der Waals surface area contributed by atoms with Crippen molar-refractivity contribution in [3.63, 3.8) is 0 Å². The number of hydrogen-bond donors (Lipinski definition) is 4. The first-order chi connectivity index (χ1) is 11.3. The average Bonchev–Trinajstić information content (AvgIpc) is 2.53. The molecular formula is C16H20O8. The van der Waals surface area contributed by atoms with Crippen LogP contribution < -0.4 is 4.74 Å². The lowest BCUT2D eigenvalue weighted by atomic mass is 9.98. The Hall–Kier alpha value is -2.58. The van der Waals surface area contributed by atoms with E-state index < -0.39 is 36.3 Å². The molecular weight excluding hydrogens is 320 g/mol. The van der Waals surface area contributed by atoms with E-state index in [0.717, 1.165) is 6.08 Å². The van der Waals surface area contributed by atoms with Crippen LogP contribution in [0.3, 0.4) is 0 Å². The molecule has 0 bridgehead atoms. The van der Waals surface area contributed by atoms with Gasteiger partial charge in [0, 0.05) is 11.6 Å². The van der Waals surface area contributed by atoms with Gasteiger partial charge in [0.25, 0.3) is 0 Å². The van der Waals surface area contributed by atoms with Gasteiger partial charge in [-0.05, 0) is 30.7 Å². The van der Waals surface area contributed by atoms with Crippen molar-refractivity contribution >= 4 is 18.0 Å². The van der Waals surface area contributed by atoms with Crippen LogP contribution in [0, 0.1) is 0 Å². The molecule has 0 amide bonds. The van der Waals surface area contributed by atoms with Crippen LogP contribution in [0.5, 0.6) is 11.5 Å². The summed E-state index contributed by atoms with van der Waals surface area (Å²) < 4.78 is 9.66. The summed E-state index contributed by atoms with van der Waals surface area (Å²) in [5, 5.41) is 38.9. The number of aliphatic hydroxyl groups is 2. The third kappa shape index (κ3) is 5.25. The van der Waals surface area contributed by atoms with Gasteiger partial charge >= 0.3 is 11.9 Å². The molecule has 0 heterocycles. The number of esters is 1. The van der Waals surface area contributed by atoms with Crippen LogP contribution in [0.2, 0.25) is 0 Å². The molecule has 0 saturated carbocycles. The number of carboxylic acids is 1. The maximum atomic E-state index is 11.4. The molecule has 1 aromatic rings. The zero-order chi connectivity index (χ0) is 18.3. The van der Waals surface area contributed by atoms with Crippen LogP contribution in [-0.2, 0) is 14.3 Å². The van der Waals surface area contributed by atoms with E-state index in [1.54, 1.807) is 6.92 Å². The standard InChI is InChI=1S/C16H20O8/c1-3-24-14(20)8-11(17)15(21)10-6-9(4-5-13(18)19)7-12(23-2)16(10)22/h4-7,11,15,17,21-22H,3,8H2,1-2H3,(H,18,19). The van der Waals surface area contributed by atoms with Crippen molar-refractivity contribution in [1.82, 2.24) is 0 Å². The number of phenols is 1. The van der Waals surface area contributed by atoms with E-state index in [4.69, 9.17) is 9.84 Å². The fraction of sp³-hybridized carbons (Fsp3) is 0.375. The third-order valence-electron chi connectivity index (χ3n) is 3.13. The minimum atomic E-state index is -1.60. The Labute approximate surface area is 138 Å².